The number of methoxy groups -OCH3 is 1. The van der Waals surface area contributed by atoms with Crippen LogP contribution in [0.2, 0.25) is 0 Å². The van der Waals surface area contributed by atoms with Crippen LogP contribution in [-0.2, 0) is 4.79 Å². The number of nitrogens with zero attached hydrogens (tertiary/aromatic N) is 2. The van der Waals surface area contributed by atoms with Gasteiger partial charge in [0.1, 0.15) is 5.75 Å². The van der Waals surface area contributed by atoms with Crippen LogP contribution in [0.5, 0.6) is 5.75 Å². The molecule has 0 spiro atoms. The van der Waals surface area contributed by atoms with Crippen LogP contribution in [0.4, 0.5) is 5.95 Å². The van der Waals surface area contributed by atoms with E-state index in [9.17, 15) is 4.79 Å². The lowest BCUT2D eigenvalue weighted by Crippen LogP contribution is -2.29. The van der Waals surface area contributed by atoms with E-state index in [1.165, 1.54) is 0 Å². The van der Waals surface area contributed by atoms with Gasteiger partial charge < -0.3 is 10.1 Å². The lowest BCUT2D eigenvalue weighted by Gasteiger charge is -2.13. The van der Waals surface area contributed by atoms with Gasteiger partial charge in [0.2, 0.25) is 11.9 Å². The van der Waals surface area contributed by atoms with Gasteiger partial charge in [-0.3, -0.25) is 14.7 Å². The van der Waals surface area contributed by atoms with E-state index in [-0.39, 0.29) is 11.8 Å². The molecule has 1 heterocycles. The zero-order valence-corrected chi connectivity index (χ0v) is 14.6. The summed E-state index contributed by atoms with van der Waals surface area (Å²) >= 11 is 0. The summed E-state index contributed by atoms with van der Waals surface area (Å²) in [4.78, 5) is 17.0. The molecule has 0 aliphatic rings. The molecule has 0 saturated carbocycles. The van der Waals surface area contributed by atoms with Crippen molar-refractivity contribution in [1.82, 2.24) is 14.9 Å². The first-order valence-electron chi connectivity index (χ1n) is 8.21. The van der Waals surface area contributed by atoms with Crippen molar-refractivity contribution in [2.24, 2.45) is 5.92 Å². The fourth-order valence-electron chi connectivity index (χ4n) is 2.73. The van der Waals surface area contributed by atoms with Gasteiger partial charge in [0.25, 0.3) is 0 Å². The standard InChI is InChI=1S/C19H22N4O2/c1-13(12-20-2)18(24)22-19-21-16-6-4-5-7-17(16)23(19)14-8-10-15(25-3)11-9-14/h4-11,13,20H,12H2,1-3H3,(H,21,22,24). The Morgan fingerprint density at radius 3 is 2.60 bits per heavy atom. The molecular weight excluding hydrogens is 316 g/mol. The highest BCUT2D eigenvalue weighted by Gasteiger charge is 2.18. The summed E-state index contributed by atoms with van der Waals surface area (Å²) in [5, 5.41) is 5.97. The van der Waals surface area contributed by atoms with Gasteiger partial charge >= 0.3 is 0 Å². The molecule has 2 aromatic carbocycles. The van der Waals surface area contributed by atoms with E-state index in [2.05, 4.69) is 15.6 Å². The number of amides is 1. The number of hydrogen-bond acceptors (Lipinski definition) is 4. The minimum atomic E-state index is -0.158. The van der Waals surface area contributed by atoms with Crippen LogP contribution in [0.3, 0.4) is 0 Å². The number of imidazole rings is 1. The van der Waals surface area contributed by atoms with E-state index in [0.29, 0.717) is 12.5 Å². The minimum Gasteiger partial charge on any atom is -0.497 e. The van der Waals surface area contributed by atoms with Gasteiger partial charge in [0, 0.05) is 18.2 Å². The molecule has 1 amide bonds. The van der Waals surface area contributed by atoms with Crippen LogP contribution in [0.25, 0.3) is 16.7 Å². The van der Waals surface area contributed by atoms with Crippen molar-refractivity contribution in [3.63, 3.8) is 0 Å². The van der Waals surface area contributed by atoms with Gasteiger partial charge in [0.15, 0.2) is 0 Å². The lowest BCUT2D eigenvalue weighted by molar-refractivity contribution is -0.119. The Hall–Kier alpha value is -2.86. The summed E-state index contributed by atoms with van der Waals surface area (Å²) in [5.74, 6) is 1.06. The van der Waals surface area contributed by atoms with Crippen LogP contribution < -0.4 is 15.4 Å². The van der Waals surface area contributed by atoms with Crippen LogP contribution in [-0.4, -0.2) is 36.2 Å². The molecule has 0 aliphatic carbocycles. The van der Waals surface area contributed by atoms with Crippen molar-refractivity contribution in [3.8, 4) is 11.4 Å². The minimum absolute atomic E-state index is 0.0700. The highest BCUT2D eigenvalue weighted by molar-refractivity contribution is 5.93. The van der Waals surface area contributed by atoms with Gasteiger partial charge in [-0.15, -0.1) is 0 Å². The predicted molar refractivity (Wildman–Crippen MR) is 99.3 cm³/mol. The molecule has 3 rings (SSSR count). The van der Waals surface area contributed by atoms with E-state index >= 15 is 0 Å². The van der Waals surface area contributed by atoms with E-state index in [0.717, 1.165) is 22.5 Å². The third-order valence-electron chi connectivity index (χ3n) is 4.08. The van der Waals surface area contributed by atoms with Crippen LogP contribution in [0.15, 0.2) is 48.5 Å². The van der Waals surface area contributed by atoms with Gasteiger partial charge in [-0.2, -0.15) is 0 Å². The highest BCUT2D eigenvalue weighted by atomic mass is 16.5. The van der Waals surface area contributed by atoms with Crippen molar-refractivity contribution < 1.29 is 9.53 Å². The average Bonchev–Trinajstić information content (AvgIpc) is 2.99. The van der Waals surface area contributed by atoms with Crippen molar-refractivity contribution in [2.75, 3.05) is 26.0 Å². The fraction of sp³-hybridized carbons (Fsp3) is 0.263. The largest absolute Gasteiger partial charge is 0.497 e. The number of nitrogens with one attached hydrogen (secondary N) is 2. The Morgan fingerprint density at radius 1 is 1.20 bits per heavy atom. The molecule has 1 aromatic heterocycles. The molecule has 25 heavy (non-hydrogen) atoms. The number of carbonyl (C=O) groups is 1. The Kier molecular flexibility index (Phi) is 5.00. The number of hydrogen-bond donors (Lipinski definition) is 2. The molecule has 130 valence electrons. The van der Waals surface area contributed by atoms with E-state index in [1.807, 2.05) is 67.1 Å². The maximum Gasteiger partial charge on any atom is 0.230 e. The van der Waals surface area contributed by atoms with Gasteiger partial charge in [0.05, 0.1) is 18.1 Å². The van der Waals surface area contributed by atoms with E-state index in [4.69, 9.17) is 4.74 Å². The van der Waals surface area contributed by atoms with E-state index < -0.39 is 0 Å². The molecule has 1 atom stereocenters. The summed E-state index contributed by atoms with van der Waals surface area (Å²) in [6, 6.07) is 15.5. The highest BCUT2D eigenvalue weighted by Crippen LogP contribution is 2.26. The van der Waals surface area contributed by atoms with Crippen molar-refractivity contribution in [2.45, 2.75) is 6.92 Å². The number of ether oxygens (including phenoxy) is 1. The summed E-state index contributed by atoms with van der Waals surface area (Å²) in [7, 11) is 3.47. The number of fused-ring (bicyclic) bond motifs is 1. The number of para-hydroxylation sites is 2. The quantitative estimate of drug-likeness (QED) is 0.725. The maximum absolute atomic E-state index is 12.4. The first kappa shape index (κ1) is 17.0. The summed E-state index contributed by atoms with van der Waals surface area (Å²) in [6.07, 6.45) is 0. The Morgan fingerprint density at radius 2 is 1.92 bits per heavy atom. The number of benzene rings is 2. The topological polar surface area (TPSA) is 68.2 Å². The fourth-order valence-corrected chi connectivity index (χ4v) is 2.73. The molecule has 0 fully saturated rings. The third kappa shape index (κ3) is 3.49. The van der Waals surface area contributed by atoms with Crippen LogP contribution >= 0.6 is 0 Å². The second-order valence-corrected chi connectivity index (χ2v) is 5.91. The Balaban J connectivity index is 2.04. The summed E-state index contributed by atoms with van der Waals surface area (Å²) in [6.45, 7) is 2.49. The zero-order chi connectivity index (χ0) is 17.8. The average molecular weight is 338 g/mol. The molecule has 6 heteroatoms. The second kappa shape index (κ2) is 7.36. The normalized spacial score (nSPS) is 12.1. The van der Waals surface area contributed by atoms with Crippen LogP contribution in [0, 0.1) is 5.92 Å². The molecule has 0 saturated heterocycles. The second-order valence-electron chi connectivity index (χ2n) is 5.91. The monoisotopic (exact) mass is 338 g/mol. The van der Waals surface area contributed by atoms with E-state index in [1.54, 1.807) is 7.11 Å². The predicted octanol–water partition coefficient (Wildman–Crippen LogP) is 2.83. The van der Waals surface area contributed by atoms with Gasteiger partial charge in [-0.1, -0.05) is 19.1 Å². The molecule has 0 radical (unpaired) electrons. The molecule has 2 N–H and O–H groups in total. The maximum atomic E-state index is 12.4. The first-order valence-corrected chi connectivity index (χ1v) is 8.21. The lowest BCUT2D eigenvalue weighted by atomic mass is 10.1. The number of aromatic nitrogens is 2. The molecular formula is C19H22N4O2. The zero-order valence-electron chi connectivity index (χ0n) is 14.6. The van der Waals surface area contributed by atoms with Crippen molar-refractivity contribution in [1.29, 1.82) is 0 Å². The summed E-state index contributed by atoms with van der Waals surface area (Å²) < 4.78 is 7.17. The molecule has 3 aromatic rings. The number of anilines is 1. The third-order valence-corrected chi connectivity index (χ3v) is 4.08. The molecule has 0 bridgehead atoms. The first-order chi connectivity index (χ1) is 12.1. The number of carbonyl (C=O) groups excluding carboxylic acids is 1. The smallest absolute Gasteiger partial charge is 0.230 e. The van der Waals surface area contributed by atoms with Crippen LogP contribution in [0.1, 0.15) is 6.92 Å². The number of rotatable bonds is 6. The molecule has 1 unspecified atom stereocenters. The van der Waals surface area contributed by atoms with Crippen molar-refractivity contribution in [3.05, 3.63) is 48.5 Å². The SMILES string of the molecule is CNCC(C)C(=O)Nc1nc2ccccc2n1-c1ccc(OC)cc1. The summed E-state index contributed by atoms with van der Waals surface area (Å²) in [5.41, 5.74) is 2.67. The molecule has 6 nitrogen and oxygen atoms in total. The molecule has 0 aliphatic heterocycles. The Labute approximate surface area is 146 Å². The Bertz CT molecular complexity index is 871. The van der Waals surface area contributed by atoms with Gasteiger partial charge in [-0.25, -0.2) is 4.98 Å². The van der Waals surface area contributed by atoms with Crippen molar-refractivity contribution >= 4 is 22.9 Å². The van der Waals surface area contributed by atoms with Gasteiger partial charge in [-0.05, 0) is 43.4 Å².